The first-order chi connectivity index (χ1) is 15.4. The third-order valence-corrected chi connectivity index (χ3v) is 7.14. The second kappa shape index (κ2) is 9.40. The molecule has 166 valence electrons. The van der Waals surface area contributed by atoms with Crippen molar-refractivity contribution in [2.45, 2.75) is 17.7 Å². The number of carbonyl (C=O) groups is 1. The molecule has 4 rings (SSSR count). The Morgan fingerprint density at radius 3 is 2.16 bits per heavy atom. The summed E-state index contributed by atoms with van der Waals surface area (Å²) < 4.78 is 40.8. The summed E-state index contributed by atoms with van der Waals surface area (Å²) >= 11 is 0. The van der Waals surface area contributed by atoms with Crippen LogP contribution < -0.4 is 14.5 Å². The second-order valence-corrected chi connectivity index (χ2v) is 9.45. The topological polar surface area (TPSA) is 69.7 Å². The summed E-state index contributed by atoms with van der Waals surface area (Å²) in [5, 5.41) is 2.77. The van der Waals surface area contributed by atoms with Gasteiger partial charge in [-0.2, -0.15) is 0 Å². The van der Waals surface area contributed by atoms with E-state index in [1.165, 1.54) is 25.0 Å². The minimum atomic E-state index is -4.08. The van der Waals surface area contributed by atoms with E-state index in [1.807, 2.05) is 24.3 Å². The molecule has 3 aromatic carbocycles. The van der Waals surface area contributed by atoms with E-state index in [0.29, 0.717) is 11.4 Å². The summed E-state index contributed by atoms with van der Waals surface area (Å²) in [5.74, 6) is -1.02. The molecule has 0 unspecified atom stereocenters. The lowest BCUT2D eigenvalue weighted by atomic mass is 10.2. The van der Waals surface area contributed by atoms with Crippen LogP contribution in [0.2, 0.25) is 0 Å². The number of para-hydroxylation sites is 1. The molecule has 0 aromatic heterocycles. The number of amides is 1. The van der Waals surface area contributed by atoms with Gasteiger partial charge in [-0.25, -0.2) is 12.8 Å². The van der Waals surface area contributed by atoms with Gasteiger partial charge >= 0.3 is 0 Å². The van der Waals surface area contributed by atoms with Gasteiger partial charge in [0.25, 0.3) is 10.0 Å². The molecule has 1 aliphatic rings. The first kappa shape index (κ1) is 21.8. The van der Waals surface area contributed by atoms with Crippen molar-refractivity contribution < 1.29 is 17.6 Å². The first-order valence-corrected chi connectivity index (χ1v) is 11.9. The van der Waals surface area contributed by atoms with Gasteiger partial charge < -0.3 is 10.2 Å². The molecule has 0 bridgehead atoms. The monoisotopic (exact) mass is 453 g/mol. The Labute approximate surface area is 187 Å². The molecule has 1 aliphatic heterocycles. The normalized spacial score (nSPS) is 13.7. The van der Waals surface area contributed by atoms with E-state index in [0.717, 1.165) is 35.2 Å². The van der Waals surface area contributed by atoms with Crippen LogP contribution >= 0.6 is 0 Å². The summed E-state index contributed by atoms with van der Waals surface area (Å²) in [7, 11) is -4.08. The van der Waals surface area contributed by atoms with E-state index in [2.05, 4.69) is 10.2 Å². The molecule has 0 radical (unpaired) electrons. The maximum absolute atomic E-state index is 13.3. The highest BCUT2D eigenvalue weighted by Gasteiger charge is 2.27. The standard InChI is InChI=1S/C24H24FN3O3S/c25-19-8-14-23(15-9-19)32(30,31)28(22-6-2-1-3-7-22)18-24(29)26-20-10-12-21(13-11-20)27-16-4-5-17-27/h1-3,6-15H,4-5,16-18H2,(H,26,29). The average molecular weight is 454 g/mol. The van der Waals surface area contributed by atoms with Crippen LogP contribution in [0.5, 0.6) is 0 Å². The number of carbonyl (C=O) groups excluding carboxylic acids is 1. The van der Waals surface area contributed by atoms with Gasteiger partial charge in [-0.05, 0) is 73.5 Å². The summed E-state index contributed by atoms with van der Waals surface area (Å²) in [4.78, 5) is 15.0. The Balaban J connectivity index is 1.53. The number of halogens is 1. The van der Waals surface area contributed by atoms with E-state index >= 15 is 0 Å². The van der Waals surface area contributed by atoms with E-state index in [4.69, 9.17) is 0 Å². The van der Waals surface area contributed by atoms with Crippen molar-refractivity contribution in [1.82, 2.24) is 0 Å². The Morgan fingerprint density at radius 1 is 0.906 bits per heavy atom. The Kier molecular flexibility index (Phi) is 6.41. The number of benzene rings is 3. The smallest absolute Gasteiger partial charge is 0.264 e. The number of rotatable bonds is 7. The molecule has 1 N–H and O–H groups in total. The molecule has 1 fully saturated rings. The largest absolute Gasteiger partial charge is 0.372 e. The lowest BCUT2D eigenvalue weighted by molar-refractivity contribution is -0.114. The van der Waals surface area contributed by atoms with Crippen LogP contribution in [0, 0.1) is 5.82 Å². The minimum Gasteiger partial charge on any atom is -0.372 e. The molecule has 1 amide bonds. The quantitative estimate of drug-likeness (QED) is 0.580. The predicted molar refractivity (Wildman–Crippen MR) is 124 cm³/mol. The number of hydrogen-bond donors (Lipinski definition) is 1. The predicted octanol–water partition coefficient (Wildman–Crippen LogP) is 4.26. The number of anilines is 3. The zero-order chi connectivity index (χ0) is 22.6. The molecule has 0 atom stereocenters. The third-order valence-electron chi connectivity index (χ3n) is 5.36. The summed E-state index contributed by atoms with van der Waals surface area (Å²) in [5.41, 5.74) is 2.03. The summed E-state index contributed by atoms with van der Waals surface area (Å²) in [6, 6.07) is 20.4. The molecule has 0 spiro atoms. The highest BCUT2D eigenvalue weighted by molar-refractivity contribution is 7.92. The highest BCUT2D eigenvalue weighted by atomic mass is 32.2. The molecule has 6 nitrogen and oxygen atoms in total. The van der Waals surface area contributed by atoms with Gasteiger partial charge in [-0.3, -0.25) is 9.10 Å². The maximum atomic E-state index is 13.3. The van der Waals surface area contributed by atoms with Crippen molar-refractivity contribution in [3.05, 3.63) is 84.7 Å². The van der Waals surface area contributed by atoms with Crippen molar-refractivity contribution in [2.24, 2.45) is 0 Å². The lowest BCUT2D eigenvalue weighted by Crippen LogP contribution is -2.38. The molecule has 0 aliphatic carbocycles. The fourth-order valence-electron chi connectivity index (χ4n) is 3.70. The highest BCUT2D eigenvalue weighted by Crippen LogP contribution is 2.25. The molecular formula is C24H24FN3O3S. The lowest BCUT2D eigenvalue weighted by Gasteiger charge is -2.24. The molecule has 1 heterocycles. The van der Waals surface area contributed by atoms with Gasteiger partial charge in [-0.15, -0.1) is 0 Å². The molecule has 0 saturated carbocycles. The van der Waals surface area contributed by atoms with Crippen LogP contribution in [-0.2, 0) is 14.8 Å². The van der Waals surface area contributed by atoms with E-state index in [1.54, 1.807) is 30.3 Å². The van der Waals surface area contributed by atoms with Crippen LogP contribution in [0.3, 0.4) is 0 Å². The fourth-order valence-corrected chi connectivity index (χ4v) is 5.13. The Hall–Kier alpha value is -3.39. The van der Waals surface area contributed by atoms with Gasteiger partial charge in [0.15, 0.2) is 0 Å². The SMILES string of the molecule is O=C(CN(c1ccccc1)S(=O)(=O)c1ccc(F)cc1)Nc1ccc(N2CCCC2)cc1. The van der Waals surface area contributed by atoms with Gasteiger partial charge in [-0.1, -0.05) is 18.2 Å². The minimum absolute atomic E-state index is 0.0921. The van der Waals surface area contributed by atoms with Crippen LogP contribution in [0.25, 0.3) is 0 Å². The maximum Gasteiger partial charge on any atom is 0.264 e. The average Bonchev–Trinajstić information content (AvgIpc) is 3.34. The van der Waals surface area contributed by atoms with Crippen molar-refractivity contribution in [3.8, 4) is 0 Å². The molecule has 32 heavy (non-hydrogen) atoms. The molecular weight excluding hydrogens is 429 g/mol. The van der Waals surface area contributed by atoms with Gasteiger partial charge in [0.05, 0.1) is 10.6 Å². The Bertz CT molecular complexity index is 1160. The van der Waals surface area contributed by atoms with Crippen LogP contribution in [0.4, 0.5) is 21.5 Å². The van der Waals surface area contributed by atoms with Crippen molar-refractivity contribution in [1.29, 1.82) is 0 Å². The summed E-state index contributed by atoms with van der Waals surface area (Å²) in [6.07, 6.45) is 2.35. The number of nitrogens with zero attached hydrogens (tertiary/aromatic N) is 2. The zero-order valence-electron chi connectivity index (χ0n) is 17.4. The van der Waals surface area contributed by atoms with Crippen molar-refractivity contribution >= 4 is 33.0 Å². The number of hydrogen-bond acceptors (Lipinski definition) is 4. The van der Waals surface area contributed by atoms with Crippen LogP contribution in [-0.4, -0.2) is 34.0 Å². The van der Waals surface area contributed by atoms with Gasteiger partial charge in [0, 0.05) is 24.5 Å². The summed E-state index contributed by atoms with van der Waals surface area (Å²) in [6.45, 7) is 1.63. The molecule has 3 aromatic rings. The van der Waals surface area contributed by atoms with Crippen molar-refractivity contribution in [2.75, 3.05) is 34.2 Å². The Morgan fingerprint density at radius 2 is 1.53 bits per heavy atom. The fraction of sp³-hybridized carbons (Fsp3) is 0.208. The molecule has 8 heteroatoms. The van der Waals surface area contributed by atoms with E-state index < -0.39 is 28.3 Å². The van der Waals surface area contributed by atoms with Crippen LogP contribution in [0.1, 0.15) is 12.8 Å². The third kappa shape index (κ3) is 4.91. The second-order valence-electron chi connectivity index (χ2n) is 7.59. The van der Waals surface area contributed by atoms with E-state index in [9.17, 15) is 17.6 Å². The van der Waals surface area contributed by atoms with E-state index in [-0.39, 0.29) is 4.90 Å². The van der Waals surface area contributed by atoms with Gasteiger partial charge in [0.1, 0.15) is 12.4 Å². The van der Waals surface area contributed by atoms with Gasteiger partial charge in [0.2, 0.25) is 5.91 Å². The van der Waals surface area contributed by atoms with Crippen molar-refractivity contribution in [3.63, 3.8) is 0 Å². The number of sulfonamides is 1. The molecule has 1 saturated heterocycles. The van der Waals surface area contributed by atoms with Crippen LogP contribution in [0.15, 0.2) is 83.8 Å². The number of nitrogens with one attached hydrogen (secondary N) is 1. The first-order valence-electron chi connectivity index (χ1n) is 10.4. The zero-order valence-corrected chi connectivity index (χ0v) is 18.3.